The lowest BCUT2D eigenvalue weighted by Crippen LogP contribution is -2.49. The zero-order chi connectivity index (χ0) is 59.7. The number of nitriles is 2. The van der Waals surface area contributed by atoms with Gasteiger partial charge >= 0.3 is 11.9 Å². The van der Waals surface area contributed by atoms with Crippen LogP contribution in [0.1, 0.15) is 117 Å². The number of carbonyl (C=O) groups excluding carboxylic acids is 3. The molecule has 1 N–H and O–H groups in total. The number of hydrogen-bond donors (Lipinski definition) is 1. The first-order valence-electron chi connectivity index (χ1n) is 27.5. The fourth-order valence-corrected chi connectivity index (χ4v) is 10.1. The highest BCUT2D eigenvalue weighted by atomic mass is 16.6. The fraction of sp³-hybridized carbons (Fsp3) is 0.379. The maximum Gasteiger partial charge on any atom is 0.312 e. The van der Waals surface area contributed by atoms with Crippen molar-refractivity contribution >= 4 is 63.3 Å². The van der Waals surface area contributed by atoms with Gasteiger partial charge < -0.3 is 24.4 Å². The van der Waals surface area contributed by atoms with Crippen LogP contribution in [0.2, 0.25) is 0 Å². The maximum atomic E-state index is 14.4. The van der Waals surface area contributed by atoms with Crippen LogP contribution in [-0.4, -0.2) is 51.3 Å². The molecular formula is C66H76N10O6. The number of esters is 2. The van der Waals surface area contributed by atoms with Crippen molar-refractivity contribution in [2.75, 3.05) is 43.6 Å². The number of rotatable bonds is 25. The van der Waals surface area contributed by atoms with Crippen molar-refractivity contribution in [1.82, 2.24) is 0 Å². The van der Waals surface area contributed by atoms with E-state index >= 15 is 0 Å². The molecule has 82 heavy (non-hydrogen) atoms. The van der Waals surface area contributed by atoms with E-state index in [1.54, 1.807) is 109 Å². The Kier molecular flexibility index (Phi) is 20.9. The Bertz CT molecular complexity index is 3280. The molecule has 0 aliphatic heterocycles. The molecule has 6 aromatic rings. The minimum absolute atomic E-state index is 0.0270. The summed E-state index contributed by atoms with van der Waals surface area (Å²) in [6.45, 7) is 23.9. The van der Waals surface area contributed by atoms with E-state index in [1.807, 2.05) is 62.2 Å². The molecule has 0 aliphatic carbocycles. The summed E-state index contributed by atoms with van der Waals surface area (Å²) in [5, 5.41) is 46.6. The molecule has 2 unspecified atom stereocenters. The molecule has 426 valence electrons. The summed E-state index contributed by atoms with van der Waals surface area (Å²) in [5.41, 5.74) is 4.08. The number of hydrogen-bond acceptors (Lipinski definition) is 15. The molecular weight excluding hydrogens is 1030 g/mol. The van der Waals surface area contributed by atoms with Crippen LogP contribution >= 0.6 is 0 Å². The number of benzene rings is 6. The van der Waals surface area contributed by atoms with Gasteiger partial charge in [0.1, 0.15) is 25.6 Å². The van der Waals surface area contributed by atoms with Crippen LogP contribution in [0.5, 0.6) is 5.75 Å². The van der Waals surface area contributed by atoms with Gasteiger partial charge in [0, 0.05) is 24.0 Å². The van der Waals surface area contributed by atoms with E-state index in [9.17, 15) is 14.4 Å². The molecule has 0 aliphatic rings. The van der Waals surface area contributed by atoms with Gasteiger partial charge in [-0.25, -0.2) is 0 Å². The van der Waals surface area contributed by atoms with E-state index in [-0.39, 0.29) is 49.0 Å². The highest BCUT2D eigenvalue weighted by Gasteiger charge is 2.53. The average Bonchev–Trinajstić information content (AvgIpc) is 2.66. The zero-order valence-electron chi connectivity index (χ0n) is 49.4. The van der Waals surface area contributed by atoms with Gasteiger partial charge in [0.15, 0.2) is 0 Å². The third kappa shape index (κ3) is 17.8. The van der Waals surface area contributed by atoms with Crippen molar-refractivity contribution in [3.8, 4) is 17.9 Å². The Morgan fingerprint density at radius 2 is 0.939 bits per heavy atom. The van der Waals surface area contributed by atoms with Gasteiger partial charge in [-0.05, 0) is 201 Å². The van der Waals surface area contributed by atoms with Crippen LogP contribution in [-0.2, 0) is 19.1 Å². The molecule has 6 aromatic carbocycles. The number of likely N-dealkylation sites (N-methyl/N-ethyl adjacent to an activating group) is 1. The van der Waals surface area contributed by atoms with Gasteiger partial charge in [0.2, 0.25) is 0 Å². The lowest BCUT2D eigenvalue weighted by molar-refractivity contribution is -0.170. The second-order valence-corrected chi connectivity index (χ2v) is 24.1. The summed E-state index contributed by atoms with van der Waals surface area (Å²) in [7, 11) is 1.95. The number of ether oxygens (including phenoxy) is 3. The quantitative estimate of drug-likeness (QED) is 0.0327. The largest absolute Gasteiger partial charge is 0.490 e. The van der Waals surface area contributed by atoms with Crippen LogP contribution < -0.4 is 15.0 Å². The molecule has 0 bridgehead atoms. The molecule has 0 fully saturated rings. The second-order valence-electron chi connectivity index (χ2n) is 24.1. The highest BCUT2D eigenvalue weighted by molar-refractivity contribution is 6.04. The summed E-state index contributed by atoms with van der Waals surface area (Å²) in [4.78, 5) is 43.7. The van der Waals surface area contributed by atoms with E-state index in [2.05, 4.69) is 110 Å². The SMILES string of the molecule is CC(C)C(C)(CC(C)(C)CC(C)(C)C(C)(CC(C)(C)C)C(=O)OCCOc1ccc(C(=O)Nc2ccc(/N=N/c3ccc(C#N)cc3)cc2)cc1)C(=O)OCCN(C)c1ccc(/N=N/c2ccc(/N=N/c3ccc(C#N)cc3)cc2)cc1. The first-order chi connectivity index (χ1) is 38.8. The first-order valence-corrected chi connectivity index (χ1v) is 27.5. The van der Waals surface area contributed by atoms with Crippen LogP contribution in [0.25, 0.3) is 0 Å². The van der Waals surface area contributed by atoms with Crippen LogP contribution in [0.3, 0.4) is 0 Å². The Labute approximate surface area is 483 Å². The topological polar surface area (TPSA) is 216 Å². The Balaban J connectivity index is 0.963. The molecule has 0 radical (unpaired) electrons. The monoisotopic (exact) mass is 1100 g/mol. The summed E-state index contributed by atoms with van der Waals surface area (Å²) in [6.07, 6.45) is 1.74. The molecule has 0 aromatic heterocycles. The third-order valence-electron chi connectivity index (χ3n) is 14.8. The summed E-state index contributed by atoms with van der Waals surface area (Å²) in [6, 6.07) is 46.4. The molecule has 16 heteroatoms. The predicted molar refractivity (Wildman–Crippen MR) is 321 cm³/mol. The van der Waals surface area contributed by atoms with E-state index in [4.69, 9.17) is 24.7 Å². The maximum absolute atomic E-state index is 14.4. The Morgan fingerprint density at radius 1 is 0.524 bits per heavy atom. The van der Waals surface area contributed by atoms with Gasteiger partial charge in [-0.1, -0.05) is 62.3 Å². The Morgan fingerprint density at radius 3 is 1.37 bits per heavy atom. The standard InChI is InChI=1S/C66H76N10O6/c1-46(2)65(10,60(78)81-38-37-76(12)57-33-31-56(32-34-57)75-74-55-29-27-54(28-30-55)73-71-52-21-15-48(42-68)16-22-52)45-63(6,7)44-64(8,9)66(11,43-62(3,4)5)61(79)82-40-39-80-58-35-17-49(18-36-58)59(77)69-50-23-25-53(26-24-50)72-70-51-19-13-47(41-67)14-20-51/h13-36,46H,37-40,43-45H2,1-12H3,(H,69,77)/b72-70+,73-71+,75-74+. The van der Waals surface area contributed by atoms with Gasteiger partial charge in [0.05, 0.1) is 74.8 Å². The lowest BCUT2D eigenvalue weighted by atomic mass is 9.54. The summed E-state index contributed by atoms with van der Waals surface area (Å²) < 4.78 is 18.1. The van der Waals surface area contributed by atoms with Crippen molar-refractivity contribution in [2.24, 2.45) is 63.7 Å². The van der Waals surface area contributed by atoms with Gasteiger partial charge in [-0.2, -0.15) is 41.2 Å². The first kappa shape index (κ1) is 62.3. The number of carbonyl (C=O) groups is 3. The van der Waals surface area contributed by atoms with Crippen molar-refractivity contribution in [3.05, 3.63) is 162 Å². The van der Waals surface area contributed by atoms with Crippen LogP contribution in [0.4, 0.5) is 45.5 Å². The normalized spacial score (nSPS) is 13.5. The van der Waals surface area contributed by atoms with Crippen molar-refractivity contribution in [2.45, 2.75) is 95.4 Å². The number of azo groups is 3. The number of nitrogens with zero attached hydrogens (tertiary/aromatic N) is 9. The molecule has 0 saturated heterocycles. The van der Waals surface area contributed by atoms with Crippen LogP contribution in [0, 0.1) is 55.7 Å². The smallest absolute Gasteiger partial charge is 0.312 e. The minimum Gasteiger partial charge on any atom is -0.490 e. The summed E-state index contributed by atoms with van der Waals surface area (Å²) >= 11 is 0. The molecule has 2 atom stereocenters. The second kappa shape index (κ2) is 27.5. The lowest BCUT2D eigenvalue weighted by Gasteiger charge is -2.50. The number of nitrogens with one attached hydrogen (secondary N) is 1. The van der Waals surface area contributed by atoms with Crippen molar-refractivity contribution < 1.29 is 28.6 Å². The highest BCUT2D eigenvalue weighted by Crippen LogP contribution is 2.55. The summed E-state index contributed by atoms with van der Waals surface area (Å²) in [5.74, 6) is -0.355. The van der Waals surface area contributed by atoms with Gasteiger partial charge in [-0.3, -0.25) is 14.4 Å². The van der Waals surface area contributed by atoms with Crippen molar-refractivity contribution in [3.63, 3.8) is 0 Å². The zero-order valence-corrected chi connectivity index (χ0v) is 49.4. The van der Waals surface area contributed by atoms with Gasteiger partial charge in [0.25, 0.3) is 5.91 Å². The van der Waals surface area contributed by atoms with Gasteiger partial charge in [-0.15, -0.1) is 0 Å². The molecule has 0 heterocycles. The molecule has 0 spiro atoms. The molecule has 6 rings (SSSR count). The predicted octanol–water partition coefficient (Wildman–Crippen LogP) is 17.5. The number of amides is 1. The average molecular weight is 1110 g/mol. The van der Waals surface area contributed by atoms with E-state index in [0.717, 1.165) is 5.69 Å². The third-order valence-corrected chi connectivity index (χ3v) is 14.8. The van der Waals surface area contributed by atoms with E-state index in [0.29, 0.717) is 88.1 Å². The van der Waals surface area contributed by atoms with E-state index in [1.165, 1.54) is 0 Å². The molecule has 16 nitrogen and oxygen atoms in total. The minimum atomic E-state index is -0.898. The van der Waals surface area contributed by atoms with Crippen LogP contribution in [0.15, 0.2) is 176 Å². The molecule has 0 saturated carbocycles. The Hall–Kier alpha value is -8.89. The van der Waals surface area contributed by atoms with E-state index < -0.39 is 21.7 Å². The number of anilines is 2. The molecule has 1 amide bonds. The fourth-order valence-electron chi connectivity index (χ4n) is 10.1. The van der Waals surface area contributed by atoms with Crippen molar-refractivity contribution in [1.29, 1.82) is 10.5 Å².